The number of thioether (sulfide) groups is 1. The Bertz CT molecular complexity index is 1170. The molecule has 0 saturated heterocycles. The van der Waals surface area contributed by atoms with Gasteiger partial charge in [-0.25, -0.2) is 4.98 Å². The number of nitrogens with zero attached hydrogens (tertiary/aromatic N) is 3. The largest absolute Gasteiger partial charge is 0.464 e. The zero-order valence-electron chi connectivity index (χ0n) is 18.0. The van der Waals surface area contributed by atoms with Gasteiger partial charge in [0, 0.05) is 18.5 Å². The Balaban J connectivity index is 1.57. The van der Waals surface area contributed by atoms with Crippen LogP contribution in [0.25, 0.3) is 10.2 Å². The molecule has 6 nitrogen and oxygen atoms in total. The first-order valence-electron chi connectivity index (χ1n) is 10.6. The van der Waals surface area contributed by atoms with Gasteiger partial charge in [-0.3, -0.25) is 14.2 Å². The first kappa shape index (κ1) is 21.9. The summed E-state index contributed by atoms with van der Waals surface area (Å²) in [6.07, 6.45) is 7.16. The zero-order valence-corrected chi connectivity index (χ0v) is 19.6. The fraction of sp³-hybridized carbons (Fsp3) is 0.435. The first-order chi connectivity index (χ1) is 15.0. The molecule has 1 amide bonds. The second-order valence-corrected chi connectivity index (χ2v) is 9.92. The third kappa shape index (κ3) is 4.65. The van der Waals surface area contributed by atoms with Gasteiger partial charge in [0.05, 0.1) is 17.7 Å². The summed E-state index contributed by atoms with van der Waals surface area (Å²) >= 11 is 2.95. The highest BCUT2D eigenvalue weighted by Crippen LogP contribution is 2.34. The third-order valence-electron chi connectivity index (χ3n) is 5.54. The van der Waals surface area contributed by atoms with E-state index in [1.165, 1.54) is 28.6 Å². The van der Waals surface area contributed by atoms with Crippen molar-refractivity contribution in [3.8, 4) is 0 Å². The van der Waals surface area contributed by atoms with E-state index in [0.29, 0.717) is 18.2 Å². The number of amides is 1. The van der Waals surface area contributed by atoms with Crippen molar-refractivity contribution >= 4 is 39.2 Å². The van der Waals surface area contributed by atoms with Gasteiger partial charge in [0.15, 0.2) is 5.16 Å². The summed E-state index contributed by atoms with van der Waals surface area (Å²) < 4.78 is 7.22. The molecule has 0 saturated carbocycles. The number of thiophene rings is 1. The van der Waals surface area contributed by atoms with Crippen molar-refractivity contribution in [1.29, 1.82) is 0 Å². The average Bonchev–Trinajstić information content (AvgIpc) is 3.23. The molecule has 0 unspecified atom stereocenters. The van der Waals surface area contributed by atoms with Crippen molar-refractivity contribution in [3.05, 3.63) is 57.1 Å². The maximum atomic E-state index is 13.4. The molecule has 3 aromatic rings. The SMILES string of the molecule is C=CCn1c(SCC(=O)N(C)Cc2ccc(C)o2)nc2sc3c(c2c1=O)CCCCC3. The van der Waals surface area contributed by atoms with Crippen LogP contribution in [-0.2, 0) is 30.7 Å². The summed E-state index contributed by atoms with van der Waals surface area (Å²) in [6, 6.07) is 3.77. The van der Waals surface area contributed by atoms with E-state index in [4.69, 9.17) is 9.40 Å². The molecule has 0 bridgehead atoms. The molecule has 4 rings (SSSR count). The zero-order chi connectivity index (χ0) is 22.0. The molecule has 164 valence electrons. The number of carbonyl (C=O) groups excluding carboxylic acids is 1. The summed E-state index contributed by atoms with van der Waals surface area (Å²) in [5.74, 6) is 1.74. The molecule has 0 atom stereocenters. The van der Waals surface area contributed by atoms with Crippen LogP contribution in [0.15, 0.2) is 39.2 Å². The van der Waals surface area contributed by atoms with Gasteiger partial charge in [0.2, 0.25) is 5.91 Å². The summed E-state index contributed by atoms with van der Waals surface area (Å²) in [5.41, 5.74) is 1.17. The van der Waals surface area contributed by atoms with Gasteiger partial charge in [0.1, 0.15) is 16.4 Å². The van der Waals surface area contributed by atoms with Crippen LogP contribution in [0.5, 0.6) is 0 Å². The third-order valence-corrected chi connectivity index (χ3v) is 7.69. The predicted octanol–water partition coefficient (Wildman–Crippen LogP) is 4.57. The number of hydrogen-bond acceptors (Lipinski definition) is 6. The van der Waals surface area contributed by atoms with E-state index in [-0.39, 0.29) is 17.2 Å². The lowest BCUT2D eigenvalue weighted by Gasteiger charge is -2.16. The first-order valence-corrected chi connectivity index (χ1v) is 12.4. The predicted molar refractivity (Wildman–Crippen MR) is 126 cm³/mol. The van der Waals surface area contributed by atoms with E-state index in [9.17, 15) is 9.59 Å². The minimum atomic E-state index is -0.0412. The van der Waals surface area contributed by atoms with Crippen molar-refractivity contribution in [2.75, 3.05) is 12.8 Å². The van der Waals surface area contributed by atoms with Crippen LogP contribution in [-0.4, -0.2) is 33.2 Å². The Kier molecular flexibility index (Phi) is 6.67. The highest BCUT2D eigenvalue weighted by atomic mass is 32.2. The monoisotopic (exact) mass is 457 g/mol. The number of carbonyl (C=O) groups is 1. The fourth-order valence-corrected chi connectivity index (χ4v) is 6.18. The molecule has 0 spiro atoms. The average molecular weight is 458 g/mol. The van der Waals surface area contributed by atoms with Crippen LogP contribution in [0.2, 0.25) is 0 Å². The number of hydrogen-bond donors (Lipinski definition) is 0. The summed E-state index contributed by atoms with van der Waals surface area (Å²) in [7, 11) is 1.75. The summed E-state index contributed by atoms with van der Waals surface area (Å²) in [6.45, 7) is 6.47. The second kappa shape index (κ2) is 9.44. The van der Waals surface area contributed by atoms with Crippen LogP contribution in [0, 0.1) is 6.92 Å². The number of allylic oxidation sites excluding steroid dienone is 1. The summed E-state index contributed by atoms with van der Waals surface area (Å²) in [5, 5.41) is 1.34. The smallest absolute Gasteiger partial charge is 0.263 e. The number of aryl methyl sites for hydroxylation is 3. The van der Waals surface area contributed by atoms with Crippen molar-refractivity contribution in [2.24, 2.45) is 0 Å². The molecule has 0 fully saturated rings. The number of aromatic nitrogens is 2. The van der Waals surface area contributed by atoms with Crippen LogP contribution < -0.4 is 5.56 Å². The Labute approximate surface area is 190 Å². The van der Waals surface area contributed by atoms with E-state index < -0.39 is 0 Å². The molecular weight excluding hydrogens is 430 g/mol. The topological polar surface area (TPSA) is 68.3 Å². The van der Waals surface area contributed by atoms with Gasteiger partial charge in [-0.1, -0.05) is 24.3 Å². The van der Waals surface area contributed by atoms with Gasteiger partial charge in [-0.15, -0.1) is 17.9 Å². The molecule has 31 heavy (non-hydrogen) atoms. The fourth-order valence-electron chi connectivity index (χ4n) is 3.93. The lowest BCUT2D eigenvalue weighted by molar-refractivity contribution is -0.127. The molecular formula is C23H27N3O3S2. The Morgan fingerprint density at radius 1 is 1.35 bits per heavy atom. The van der Waals surface area contributed by atoms with Crippen molar-refractivity contribution < 1.29 is 9.21 Å². The second-order valence-electron chi connectivity index (χ2n) is 7.89. The molecule has 1 aliphatic rings. The van der Waals surface area contributed by atoms with E-state index >= 15 is 0 Å². The van der Waals surface area contributed by atoms with Gasteiger partial charge in [-0.05, 0) is 50.3 Å². The lowest BCUT2D eigenvalue weighted by Crippen LogP contribution is -2.28. The van der Waals surface area contributed by atoms with Crippen LogP contribution in [0.3, 0.4) is 0 Å². The Morgan fingerprint density at radius 3 is 2.90 bits per heavy atom. The Morgan fingerprint density at radius 2 is 2.16 bits per heavy atom. The van der Waals surface area contributed by atoms with Crippen molar-refractivity contribution in [3.63, 3.8) is 0 Å². The molecule has 3 heterocycles. The van der Waals surface area contributed by atoms with Crippen molar-refractivity contribution in [2.45, 2.75) is 57.3 Å². The Hall–Kier alpha value is -2.32. The standard InChI is InChI=1S/C23H27N3O3S2/c1-4-12-26-22(28)20-17-8-6-5-7-9-18(17)31-21(20)24-23(26)30-14-19(27)25(3)13-16-11-10-15(2)29-16/h4,10-11H,1,5-9,12-14H2,2-3H3. The van der Waals surface area contributed by atoms with Gasteiger partial charge >= 0.3 is 0 Å². The highest BCUT2D eigenvalue weighted by Gasteiger charge is 2.22. The quantitative estimate of drug-likeness (QED) is 0.225. The van der Waals surface area contributed by atoms with Gasteiger partial charge in [-0.2, -0.15) is 0 Å². The molecule has 0 aliphatic heterocycles. The molecule has 8 heteroatoms. The molecule has 0 radical (unpaired) electrons. The van der Waals surface area contributed by atoms with E-state index in [1.54, 1.807) is 33.9 Å². The molecule has 0 N–H and O–H groups in total. The summed E-state index contributed by atoms with van der Waals surface area (Å²) in [4.78, 5) is 34.6. The number of rotatable bonds is 7. The van der Waals surface area contributed by atoms with Crippen molar-refractivity contribution in [1.82, 2.24) is 14.5 Å². The van der Waals surface area contributed by atoms with Gasteiger partial charge in [0.25, 0.3) is 5.56 Å². The minimum Gasteiger partial charge on any atom is -0.464 e. The maximum Gasteiger partial charge on any atom is 0.263 e. The number of furan rings is 1. The maximum absolute atomic E-state index is 13.4. The van der Waals surface area contributed by atoms with E-state index in [1.807, 2.05) is 19.1 Å². The van der Waals surface area contributed by atoms with Gasteiger partial charge < -0.3 is 9.32 Å². The van der Waals surface area contributed by atoms with E-state index in [0.717, 1.165) is 47.4 Å². The number of fused-ring (bicyclic) bond motifs is 3. The molecule has 3 aromatic heterocycles. The highest BCUT2D eigenvalue weighted by molar-refractivity contribution is 7.99. The molecule has 1 aliphatic carbocycles. The lowest BCUT2D eigenvalue weighted by atomic mass is 10.1. The minimum absolute atomic E-state index is 0.0151. The van der Waals surface area contributed by atoms with Crippen LogP contribution >= 0.6 is 23.1 Å². The van der Waals surface area contributed by atoms with Crippen LogP contribution in [0.4, 0.5) is 0 Å². The molecule has 0 aromatic carbocycles. The van der Waals surface area contributed by atoms with E-state index in [2.05, 4.69) is 6.58 Å². The normalized spacial score (nSPS) is 13.7. The van der Waals surface area contributed by atoms with Crippen LogP contribution in [0.1, 0.15) is 41.2 Å².